The second-order valence-corrected chi connectivity index (χ2v) is 7.20. The molecule has 0 aromatic rings. The van der Waals surface area contributed by atoms with Crippen LogP contribution in [0.1, 0.15) is 90.9 Å². The van der Waals surface area contributed by atoms with Crippen molar-refractivity contribution in [1.82, 2.24) is 0 Å². The van der Waals surface area contributed by atoms with Gasteiger partial charge in [-0.2, -0.15) is 0 Å². The van der Waals surface area contributed by atoms with Crippen molar-refractivity contribution in [3.05, 3.63) is 0 Å². The van der Waals surface area contributed by atoms with Crippen LogP contribution in [0.5, 0.6) is 0 Å². The smallest absolute Gasteiger partial charge is 0.0358 e. The topological polar surface area (TPSA) is 0 Å². The summed E-state index contributed by atoms with van der Waals surface area (Å²) in [6.45, 7) is 4.90. The van der Waals surface area contributed by atoms with Crippen molar-refractivity contribution in [3.63, 3.8) is 0 Å². The molecule has 0 nitrogen and oxygen atoms in total. The molecule has 2 fully saturated rings. The second kappa shape index (κ2) is 7.56. The van der Waals surface area contributed by atoms with Gasteiger partial charge in [0.15, 0.2) is 0 Å². The molecule has 0 aliphatic heterocycles. The van der Waals surface area contributed by atoms with Gasteiger partial charge in [0.2, 0.25) is 0 Å². The minimum Gasteiger partial charge on any atom is -0.0651 e. The molecule has 106 valence electrons. The van der Waals surface area contributed by atoms with Crippen molar-refractivity contribution in [2.75, 3.05) is 0 Å². The maximum atomic E-state index is 2.46. The maximum absolute atomic E-state index is 2.46. The van der Waals surface area contributed by atoms with Crippen LogP contribution in [0.25, 0.3) is 0 Å². The minimum atomic E-state index is 1.01. The highest BCUT2D eigenvalue weighted by atomic mass is 14.4. The summed E-state index contributed by atoms with van der Waals surface area (Å²) in [5, 5.41) is 0. The van der Waals surface area contributed by atoms with Gasteiger partial charge in [0.1, 0.15) is 0 Å². The van der Waals surface area contributed by atoms with Crippen LogP contribution in [0.3, 0.4) is 0 Å². The summed E-state index contributed by atoms with van der Waals surface area (Å²) in [4.78, 5) is 0. The molecule has 0 aromatic heterocycles. The van der Waals surface area contributed by atoms with Crippen LogP contribution in [0.2, 0.25) is 0 Å². The number of rotatable bonds is 2. The van der Waals surface area contributed by atoms with E-state index < -0.39 is 0 Å². The SMILES string of the molecule is CCC1CCCCCCCC1C1CCC(C)CC1. The Bertz CT molecular complexity index is 212. The highest BCUT2D eigenvalue weighted by Gasteiger charge is 2.30. The molecule has 0 N–H and O–H groups in total. The van der Waals surface area contributed by atoms with E-state index in [1.165, 1.54) is 57.8 Å². The lowest BCUT2D eigenvalue weighted by Crippen LogP contribution is -2.27. The lowest BCUT2D eigenvalue weighted by molar-refractivity contribution is 0.136. The molecule has 0 bridgehead atoms. The van der Waals surface area contributed by atoms with Gasteiger partial charge in [0.05, 0.1) is 0 Å². The molecule has 0 radical (unpaired) electrons. The standard InChI is InChI=1S/C18H34/c1-3-16-9-7-5-4-6-8-10-18(16)17-13-11-15(2)12-14-17/h15-18H,3-14H2,1-2H3. The maximum Gasteiger partial charge on any atom is -0.0358 e. The zero-order chi connectivity index (χ0) is 12.8. The Kier molecular flexibility index (Phi) is 6.05. The summed E-state index contributed by atoms with van der Waals surface area (Å²) in [7, 11) is 0. The van der Waals surface area contributed by atoms with Gasteiger partial charge in [-0.05, 0) is 42.9 Å². The summed E-state index contributed by atoms with van der Waals surface area (Å²) >= 11 is 0. The predicted octanol–water partition coefficient (Wildman–Crippen LogP) is 6.20. The molecule has 0 amide bonds. The molecule has 0 saturated heterocycles. The van der Waals surface area contributed by atoms with Gasteiger partial charge in [-0.15, -0.1) is 0 Å². The third-order valence-corrected chi connectivity index (χ3v) is 5.91. The first-order valence-electron chi connectivity index (χ1n) is 8.81. The Morgan fingerprint density at radius 3 is 2.00 bits per heavy atom. The normalized spacial score (nSPS) is 39.7. The van der Waals surface area contributed by atoms with Gasteiger partial charge >= 0.3 is 0 Å². The molecule has 2 aliphatic rings. The van der Waals surface area contributed by atoms with E-state index in [1.54, 1.807) is 19.3 Å². The first-order valence-corrected chi connectivity index (χ1v) is 8.81. The summed E-state index contributed by atoms with van der Waals surface area (Å²) in [6, 6.07) is 0. The first kappa shape index (κ1) is 14.4. The van der Waals surface area contributed by atoms with Crippen molar-refractivity contribution in [2.45, 2.75) is 90.9 Å². The van der Waals surface area contributed by atoms with E-state index in [1.807, 2.05) is 0 Å². The van der Waals surface area contributed by atoms with Crippen LogP contribution in [0.15, 0.2) is 0 Å². The molecule has 2 atom stereocenters. The highest BCUT2D eigenvalue weighted by molar-refractivity contribution is 4.81. The van der Waals surface area contributed by atoms with E-state index in [-0.39, 0.29) is 0 Å². The third kappa shape index (κ3) is 4.00. The van der Waals surface area contributed by atoms with Crippen LogP contribution in [-0.2, 0) is 0 Å². The quantitative estimate of drug-likeness (QED) is 0.547. The Labute approximate surface area is 115 Å². The Morgan fingerprint density at radius 2 is 1.33 bits per heavy atom. The van der Waals surface area contributed by atoms with Crippen LogP contribution < -0.4 is 0 Å². The molecule has 0 heterocycles. The zero-order valence-electron chi connectivity index (χ0n) is 12.8. The fourth-order valence-corrected chi connectivity index (χ4v) is 4.61. The predicted molar refractivity (Wildman–Crippen MR) is 80.7 cm³/mol. The highest BCUT2D eigenvalue weighted by Crippen LogP contribution is 2.42. The number of hydrogen-bond acceptors (Lipinski definition) is 0. The van der Waals surface area contributed by atoms with E-state index in [4.69, 9.17) is 0 Å². The van der Waals surface area contributed by atoms with Gasteiger partial charge in [0, 0.05) is 0 Å². The van der Waals surface area contributed by atoms with E-state index in [9.17, 15) is 0 Å². The summed E-state index contributed by atoms with van der Waals surface area (Å²) in [5.74, 6) is 4.24. The average Bonchev–Trinajstić information content (AvgIpc) is 2.51. The molecule has 2 rings (SSSR count). The van der Waals surface area contributed by atoms with Crippen LogP contribution in [0.4, 0.5) is 0 Å². The molecule has 18 heavy (non-hydrogen) atoms. The van der Waals surface area contributed by atoms with Gasteiger partial charge in [-0.1, -0.05) is 71.6 Å². The molecule has 0 aromatic carbocycles. The molecular weight excluding hydrogens is 216 g/mol. The van der Waals surface area contributed by atoms with Gasteiger partial charge in [-0.25, -0.2) is 0 Å². The molecular formula is C18H34. The van der Waals surface area contributed by atoms with Crippen molar-refractivity contribution < 1.29 is 0 Å². The van der Waals surface area contributed by atoms with E-state index >= 15 is 0 Å². The summed E-state index contributed by atoms with van der Waals surface area (Å²) in [6.07, 6.45) is 18.2. The third-order valence-electron chi connectivity index (χ3n) is 5.91. The average molecular weight is 250 g/mol. The molecule has 0 spiro atoms. The Balaban J connectivity index is 1.95. The van der Waals surface area contributed by atoms with Crippen molar-refractivity contribution in [2.24, 2.45) is 23.7 Å². The van der Waals surface area contributed by atoms with Crippen LogP contribution in [0, 0.1) is 23.7 Å². The zero-order valence-corrected chi connectivity index (χ0v) is 12.8. The fraction of sp³-hybridized carbons (Fsp3) is 1.00. The van der Waals surface area contributed by atoms with Crippen LogP contribution >= 0.6 is 0 Å². The van der Waals surface area contributed by atoms with Gasteiger partial charge < -0.3 is 0 Å². The van der Waals surface area contributed by atoms with E-state index in [2.05, 4.69) is 13.8 Å². The molecule has 2 unspecified atom stereocenters. The summed E-state index contributed by atoms with van der Waals surface area (Å²) < 4.78 is 0. The van der Waals surface area contributed by atoms with E-state index in [0.29, 0.717) is 0 Å². The number of hydrogen-bond donors (Lipinski definition) is 0. The Morgan fingerprint density at radius 1 is 0.722 bits per heavy atom. The monoisotopic (exact) mass is 250 g/mol. The lowest BCUT2D eigenvalue weighted by Gasteiger charge is -2.37. The molecule has 2 saturated carbocycles. The fourth-order valence-electron chi connectivity index (χ4n) is 4.61. The second-order valence-electron chi connectivity index (χ2n) is 7.20. The first-order chi connectivity index (χ1) is 8.81. The van der Waals surface area contributed by atoms with Gasteiger partial charge in [-0.3, -0.25) is 0 Å². The van der Waals surface area contributed by atoms with Crippen molar-refractivity contribution in [1.29, 1.82) is 0 Å². The van der Waals surface area contributed by atoms with Crippen molar-refractivity contribution in [3.8, 4) is 0 Å². The molecule has 2 aliphatic carbocycles. The van der Waals surface area contributed by atoms with Crippen LogP contribution in [-0.4, -0.2) is 0 Å². The molecule has 0 heteroatoms. The largest absolute Gasteiger partial charge is 0.0651 e. The summed E-state index contributed by atoms with van der Waals surface area (Å²) in [5.41, 5.74) is 0. The van der Waals surface area contributed by atoms with Gasteiger partial charge in [0.25, 0.3) is 0 Å². The Hall–Kier alpha value is 0. The minimum absolute atomic E-state index is 1.01. The lowest BCUT2D eigenvalue weighted by atomic mass is 9.68. The van der Waals surface area contributed by atoms with Crippen molar-refractivity contribution >= 4 is 0 Å². The van der Waals surface area contributed by atoms with E-state index in [0.717, 1.165) is 23.7 Å².